The van der Waals surface area contributed by atoms with E-state index >= 15 is 0 Å². The largest absolute Gasteiger partial charge is 0.465 e. The molecule has 98 valence electrons. The van der Waals surface area contributed by atoms with Crippen molar-refractivity contribution in [1.82, 2.24) is 5.32 Å². The molecule has 0 aliphatic heterocycles. The molecule has 0 bridgehead atoms. The van der Waals surface area contributed by atoms with E-state index in [1.54, 1.807) is 31.2 Å². The zero-order chi connectivity index (χ0) is 13.5. The summed E-state index contributed by atoms with van der Waals surface area (Å²) >= 11 is 0. The van der Waals surface area contributed by atoms with Crippen LogP contribution in [0.15, 0.2) is 30.3 Å². The molecule has 2 N–H and O–H groups in total. The van der Waals surface area contributed by atoms with Crippen molar-refractivity contribution in [2.45, 2.75) is 19.9 Å². The highest BCUT2D eigenvalue weighted by Crippen LogP contribution is 2.06. The first-order valence-electron chi connectivity index (χ1n) is 5.72. The Balaban J connectivity index is 2.41. The summed E-state index contributed by atoms with van der Waals surface area (Å²) in [6.45, 7) is 3.73. The normalized spacial score (nSPS) is 13.4. The first-order chi connectivity index (χ1) is 8.50. The number of rotatable bonds is 5. The molecule has 0 aliphatic rings. The van der Waals surface area contributed by atoms with Crippen molar-refractivity contribution in [1.29, 1.82) is 0 Å². The van der Waals surface area contributed by atoms with Crippen LogP contribution in [0.25, 0.3) is 0 Å². The molecule has 1 aromatic rings. The number of carboxylic acid groups (broad SMARTS) is 1. The third-order valence-electron chi connectivity index (χ3n) is 2.69. The summed E-state index contributed by atoms with van der Waals surface area (Å²) in [4.78, 5) is 22.1. The number of carbonyl (C=O) groups excluding carboxylic acids is 1. The fourth-order valence-corrected chi connectivity index (χ4v) is 1.35. The summed E-state index contributed by atoms with van der Waals surface area (Å²) in [5.41, 5.74) is 0.489. The standard InChI is InChI=1S/C13H17NO4/c1-9(10(2)14-13(16)17)8-18-12(15)11-6-4-3-5-7-11/h3-7,9-10,14H,8H2,1-2H3,(H,16,17). The predicted octanol–water partition coefficient (Wildman–Crippen LogP) is 2.14. The molecule has 0 heterocycles. The highest BCUT2D eigenvalue weighted by molar-refractivity contribution is 5.89. The third kappa shape index (κ3) is 4.45. The fraction of sp³-hybridized carbons (Fsp3) is 0.385. The molecule has 0 radical (unpaired) electrons. The van der Waals surface area contributed by atoms with E-state index in [4.69, 9.17) is 9.84 Å². The van der Waals surface area contributed by atoms with Crippen molar-refractivity contribution >= 4 is 12.1 Å². The Kier molecular flexibility index (Phi) is 5.17. The van der Waals surface area contributed by atoms with Gasteiger partial charge in [-0.3, -0.25) is 0 Å². The lowest BCUT2D eigenvalue weighted by molar-refractivity contribution is 0.0429. The van der Waals surface area contributed by atoms with Gasteiger partial charge in [-0.25, -0.2) is 9.59 Å². The smallest absolute Gasteiger partial charge is 0.404 e. The van der Waals surface area contributed by atoms with Gasteiger partial charge in [0.25, 0.3) is 0 Å². The molecule has 2 atom stereocenters. The first-order valence-corrected chi connectivity index (χ1v) is 5.72. The van der Waals surface area contributed by atoms with E-state index in [1.807, 2.05) is 13.0 Å². The zero-order valence-electron chi connectivity index (χ0n) is 10.4. The maximum atomic E-state index is 11.6. The highest BCUT2D eigenvalue weighted by atomic mass is 16.5. The lowest BCUT2D eigenvalue weighted by Crippen LogP contribution is -2.38. The van der Waals surface area contributed by atoms with E-state index in [-0.39, 0.29) is 18.6 Å². The van der Waals surface area contributed by atoms with Gasteiger partial charge in [-0.15, -0.1) is 0 Å². The number of carbonyl (C=O) groups is 2. The number of ether oxygens (including phenoxy) is 1. The van der Waals surface area contributed by atoms with E-state index < -0.39 is 12.1 Å². The zero-order valence-corrected chi connectivity index (χ0v) is 10.4. The average Bonchev–Trinajstić information content (AvgIpc) is 2.35. The van der Waals surface area contributed by atoms with Gasteiger partial charge in [-0.2, -0.15) is 0 Å². The Morgan fingerprint density at radius 1 is 1.28 bits per heavy atom. The van der Waals surface area contributed by atoms with Crippen LogP contribution in [0.2, 0.25) is 0 Å². The second-order valence-electron chi connectivity index (χ2n) is 4.18. The van der Waals surface area contributed by atoms with Crippen LogP contribution in [0.4, 0.5) is 4.79 Å². The van der Waals surface area contributed by atoms with Gasteiger partial charge < -0.3 is 15.2 Å². The van der Waals surface area contributed by atoms with E-state index in [9.17, 15) is 9.59 Å². The minimum Gasteiger partial charge on any atom is -0.465 e. The topological polar surface area (TPSA) is 75.6 Å². The molecule has 0 saturated heterocycles. The molecule has 1 amide bonds. The van der Waals surface area contributed by atoms with E-state index in [1.165, 1.54) is 0 Å². The molecule has 5 nitrogen and oxygen atoms in total. The minimum atomic E-state index is -1.08. The van der Waals surface area contributed by atoms with Gasteiger partial charge in [-0.05, 0) is 19.1 Å². The van der Waals surface area contributed by atoms with E-state index in [0.717, 1.165) is 0 Å². The number of amides is 1. The quantitative estimate of drug-likeness (QED) is 0.786. The number of hydrogen-bond donors (Lipinski definition) is 2. The van der Waals surface area contributed by atoms with Gasteiger partial charge >= 0.3 is 12.1 Å². The molecule has 5 heteroatoms. The van der Waals surface area contributed by atoms with Crippen LogP contribution in [0.1, 0.15) is 24.2 Å². The summed E-state index contributed by atoms with van der Waals surface area (Å²) in [6, 6.07) is 8.41. The van der Waals surface area contributed by atoms with Crippen molar-refractivity contribution in [2.75, 3.05) is 6.61 Å². The second-order valence-corrected chi connectivity index (χ2v) is 4.18. The average molecular weight is 251 g/mol. The van der Waals surface area contributed by atoms with Crippen LogP contribution in [-0.4, -0.2) is 29.8 Å². The number of esters is 1. The van der Waals surface area contributed by atoms with Crippen LogP contribution < -0.4 is 5.32 Å². The van der Waals surface area contributed by atoms with Crippen LogP contribution >= 0.6 is 0 Å². The summed E-state index contributed by atoms with van der Waals surface area (Å²) in [7, 11) is 0. The van der Waals surface area contributed by atoms with Gasteiger partial charge in [0.05, 0.1) is 12.2 Å². The van der Waals surface area contributed by atoms with Crippen molar-refractivity contribution in [3.05, 3.63) is 35.9 Å². The molecule has 1 aromatic carbocycles. The molecule has 0 fully saturated rings. The molecular weight excluding hydrogens is 234 g/mol. The van der Waals surface area contributed by atoms with Crippen molar-refractivity contribution in [3.63, 3.8) is 0 Å². The maximum Gasteiger partial charge on any atom is 0.404 e. The molecule has 0 aromatic heterocycles. The predicted molar refractivity (Wildman–Crippen MR) is 66.5 cm³/mol. The first kappa shape index (κ1) is 14.0. The maximum absolute atomic E-state index is 11.6. The highest BCUT2D eigenvalue weighted by Gasteiger charge is 2.16. The minimum absolute atomic E-state index is 0.0891. The van der Waals surface area contributed by atoms with Crippen LogP contribution in [0.3, 0.4) is 0 Å². The monoisotopic (exact) mass is 251 g/mol. The third-order valence-corrected chi connectivity index (χ3v) is 2.69. The number of benzene rings is 1. The van der Waals surface area contributed by atoms with Gasteiger partial charge in [0, 0.05) is 12.0 Å². The molecule has 2 unspecified atom stereocenters. The molecular formula is C13H17NO4. The lowest BCUT2D eigenvalue weighted by Gasteiger charge is -2.19. The van der Waals surface area contributed by atoms with Crippen LogP contribution in [0.5, 0.6) is 0 Å². The van der Waals surface area contributed by atoms with E-state index in [2.05, 4.69) is 5.32 Å². The van der Waals surface area contributed by atoms with Gasteiger partial charge in [0.1, 0.15) is 0 Å². The van der Waals surface area contributed by atoms with Crippen molar-refractivity contribution < 1.29 is 19.4 Å². The van der Waals surface area contributed by atoms with E-state index in [0.29, 0.717) is 5.56 Å². The Bertz CT molecular complexity index is 405. The lowest BCUT2D eigenvalue weighted by atomic mass is 10.1. The van der Waals surface area contributed by atoms with Gasteiger partial charge in [0.15, 0.2) is 0 Å². The summed E-state index contributed by atoms with van der Waals surface area (Å²) in [6.07, 6.45) is -1.08. The van der Waals surface area contributed by atoms with Crippen molar-refractivity contribution in [2.24, 2.45) is 5.92 Å². The SMILES string of the molecule is CC(COC(=O)c1ccccc1)C(C)NC(=O)O. The summed E-state index contributed by atoms with van der Waals surface area (Å²) < 4.78 is 5.12. The summed E-state index contributed by atoms with van der Waals surface area (Å²) in [5, 5.41) is 10.9. The Labute approximate surface area is 106 Å². The molecule has 0 spiro atoms. The number of hydrogen-bond acceptors (Lipinski definition) is 3. The Hall–Kier alpha value is -2.04. The molecule has 18 heavy (non-hydrogen) atoms. The molecule has 0 saturated carbocycles. The summed E-state index contributed by atoms with van der Waals surface area (Å²) in [5.74, 6) is -0.487. The molecule has 0 aliphatic carbocycles. The van der Waals surface area contributed by atoms with Crippen molar-refractivity contribution in [3.8, 4) is 0 Å². The van der Waals surface area contributed by atoms with Crippen LogP contribution in [0, 0.1) is 5.92 Å². The Morgan fingerprint density at radius 3 is 2.44 bits per heavy atom. The fourth-order valence-electron chi connectivity index (χ4n) is 1.35. The second kappa shape index (κ2) is 6.64. The molecule has 1 rings (SSSR count). The number of nitrogens with one attached hydrogen (secondary N) is 1. The van der Waals surface area contributed by atoms with Gasteiger partial charge in [0.2, 0.25) is 0 Å². The van der Waals surface area contributed by atoms with Crippen LogP contribution in [-0.2, 0) is 4.74 Å². The van der Waals surface area contributed by atoms with Gasteiger partial charge in [-0.1, -0.05) is 25.1 Å². The Morgan fingerprint density at radius 2 is 1.89 bits per heavy atom.